The van der Waals surface area contributed by atoms with Gasteiger partial charge in [0.1, 0.15) is 28.5 Å². The molecule has 5 heterocycles. The fourth-order valence-corrected chi connectivity index (χ4v) is 6.28. The number of anilines is 1. The van der Waals surface area contributed by atoms with Crippen LogP contribution < -0.4 is 4.90 Å². The zero-order valence-corrected chi connectivity index (χ0v) is 22.6. The minimum atomic E-state index is -0.0501. The second-order valence-electron chi connectivity index (χ2n) is 9.93. The van der Waals surface area contributed by atoms with Gasteiger partial charge in [0.15, 0.2) is 0 Å². The number of thiazole rings is 1. The van der Waals surface area contributed by atoms with E-state index < -0.39 is 0 Å². The highest BCUT2D eigenvalue weighted by molar-refractivity contribution is 7.09. The molecule has 10 heteroatoms. The molecule has 6 rings (SSSR count). The van der Waals surface area contributed by atoms with Gasteiger partial charge in [-0.15, -0.1) is 11.3 Å². The molecule has 0 bridgehead atoms. The molecule has 2 amide bonds. The summed E-state index contributed by atoms with van der Waals surface area (Å²) >= 11 is 1.55. The number of piperazine rings is 1. The number of carbonyl (C=O) groups is 2. The zero-order chi connectivity index (χ0) is 26.8. The second kappa shape index (κ2) is 11.0. The maximum Gasteiger partial charge on any atom is 0.273 e. The van der Waals surface area contributed by atoms with Gasteiger partial charge in [-0.2, -0.15) is 0 Å². The van der Waals surface area contributed by atoms with Crippen molar-refractivity contribution in [1.29, 1.82) is 0 Å². The lowest BCUT2D eigenvalue weighted by atomic mass is 9.96. The van der Waals surface area contributed by atoms with E-state index in [1.54, 1.807) is 24.5 Å². The van der Waals surface area contributed by atoms with E-state index in [2.05, 4.69) is 15.0 Å². The molecule has 0 saturated carbocycles. The number of carbonyl (C=O) groups excluding carboxylic acids is 2. The average Bonchev–Trinajstić information content (AvgIpc) is 3.65. The van der Waals surface area contributed by atoms with Crippen LogP contribution in [0.1, 0.15) is 50.4 Å². The monoisotopic (exact) mass is 542 g/mol. The van der Waals surface area contributed by atoms with Gasteiger partial charge in [-0.1, -0.05) is 41.6 Å². The van der Waals surface area contributed by atoms with E-state index in [4.69, 9.17) is 9.51 Å². The Morgan fingerprint density at radius 1 is 0.897 bits per heavy atom. The first-order chi connectivity index (χ1) is 19.1. The summed E-state index contributed by atoms with van der Waals surface area (Å²) in [6.45, 7) is 5.84. The Hall–Kier alpha value is -4.05. The third-order valence-electron chi connectivity index (χ3n) is 7.54. The van der Waals surface area contributed by atoms with Crippen LogP contribution in [-0.2, 0) is 0 Å². The maximum atomic E-state index is 13.5. The van der Waals surface area contributed by atoms with Crippen LogP contribution in [0.15, 0.2) is 64.6 Å². The number of rotatable bonds is 5. The summed E-state index contributed by atoms with van der Waals surface area (Å²) < 4.78 is 5.41. The molecule has 0 atom stereocenters. The van der Waals surface area contributed by atoms with E-state index in [0.717, 1.165) is 42.3 Å². The number of hydrogen-bond donors (Lipinski definition) is 0. The van der Waals surface area contributed by atoms with Gasteiger partial charge in [-0.3, -0.25) is 9.59 Å². The topological polar surface area (TPSA) is 95.7 Å². The van der Waals surface area contributed by atoms with Crippen molar-refractivity contribution in [2.75, 3.05) is 44.2 Å². The van der Waals surface area contributed by atoms with Crippen molar-refractivity contribution < 1.29 is 14.1 Å². The van der Waals surface area contributed by atoms with Gasteiger partial charge in [-0.05, 0) is 31.9 Å². The van der Waals surface area contributed by atoms with Gasteiger partial charge in [0.2, 0.25) is 0 Å². The highest BCUT2D eigenvalue weighted by Gasteiger charge is 2.31. The van der Waals surface area contributed by atoms with Crippen molar-refractivity contribution >= 4 is 29.0 Å². The van der Waals surface area contributed by atoms with E-state index in [0.29, 0.717) is 48.9 Å². The van der Waals surface area contributed by atoms with Gasteiger partial charge < -0.3 is 19.2 Å². The molecular weight excluding hydrogens is 512 g/mol. The summed E-state index contributed by atoms with van der Waals surface area (Å²) in [4.78, 5) is 41.7. The zero-order valence-electron chi connectivity index (χ0n) is 21.8. The van der Waals surface area contributed by atoms with Crippen molar-refractivity contribution in [3.8, 4) is 11.3 Å². The normalized spacial score (nSPS) is 16.5. The number of likely N-dealkylation sites (tertiary alicyclic amines) is 1. The van der Waals surface area contributed by atoms with Crippen LogP contribution in [-0.4, -0.2) is 76.0 Å². The van der Waals surface area contributed by atoms with E-state index >= 15 is 0 Å². The number of pyridine rings is 1. The van der Waals surface area contributed by atoms with E-state index in [1.165, 1.54) is 0 Å². The molecule has 200 valence electrons. The summed E-state index contributed by atoms with van der Waals surface area (Å²) in [5.41, 5.74) is 2.51. The number of nitrogens with zero attached hydrogens (tertiary/aromatic N) is 6. The van der Waals surface area contributed by atoms with E-state index in [9.17, 15) is 9.59 Å². The lowest BCUT2D eigenvalue weighted by Gasteiger charge is -2.35. The van der Waals surface area contributed by atoms with Crippen molar-refractivity contribution in [2.45, 2.75) is 25.7 Å². The number of hydrogen-bond acceptors (Lipinski definition) is 8. The lowest BCUT2D eigenvalue weighted by molar-refractivity contribution is 0.0711. The summed E-state index contributed by atoms with van der Waals surface area (Å²) in [5.74, 6) is 1.65. The van der Waals surface area contributed by atoms with Crippen LogP contribution in [0.5, 0.6) is 0 Å². The molecule has 1 aromatic carbocycles. The van der Waals surface area contributed by atoms with Crippen molar-refractivity contribution in [1.82, 2.24) is 24.9 Å². The molecule has 39 heavy (non-hydrogen) atoms. The smallest absolute Gasteiger partial charge is 0.273 e. The first kappa shape index (κ1) is 25.2. The van der Waals surface area contributed by atoms with Crippen molar-refractivity contribution in [3.05, 3.63) is 82.1 Å². The maximum absolute atomic E-state index is 13.5. The highest BCUT2D eigenvalue weighted by Crippen LogP contribution is 2.33. The molecule has 0 N–H and O–H groups in total. The van der Waals surface area contributed by atoms with Gasteiger partial charge in [0.25, 0.3) is 11.8 Å². The quantitative estimate of drug-likeness (QED) is 0.367. The molecule has 0 spiro atoms. The molecule has 2 aliphatic heterocycles. The summed E-state index contributed by atoms with van der Waals surface area (Å²) in [6.07, 6.45) is 3.41. The molecular formula is C29H30N6O3S. The van der Waals surface area contributed by atoms with Gasteiger partial charge in [-0.25, -0.2) is 9.97 Å². The first-order valence-electron chi connectivity index (χ1n) is 13.3. The SMILES string of the molecule is Cc1onc(-c2ccccc2)c1C(=O)N1CCC(c2nc(C(=O)N3CCN(c4ccccn4)CC3)cs2)CC1. The molecule has 0 unspecified atom stereocenters. The Balaban J connectivity index is 1.06. The number of piperidine rings is 1. The predicted octanol–water partition coefficient (Wildman–Crippen LogP) is 4.48. The van der Waals surface area contributed by atoms with Crippen LogP contribution in [0.2, 0.25) is 0 Å². The first-order valence-corrected chi connectivity index (χ1v) is 14.2. The summed E-state index contributed by atoms with van der Waals surface area (Å²) in [6, 6.07) is 15.5. The van der Waals surface area contributed by atoms with Gasteiger partial charge in [0, 0.05) is 62.3 Å². The van der Waals surface area contributed by atoms with Crippen LogP contribution in [0.4, 0.5) is 5.82 Å². The van der Waals surface area contributed by atoms with Gasteiger partial charge in [0.05, 0.1) is 5.01 Å². The minimum Gasteiger partial charge on any atom is -0.360 e. The largest absolute Gasteiger partial charge is 0.360 e. The van der Waals surface area contributed by atoms with Crippen LogP contribution in [0.3, 0.4) is 0 Å². The Morgan fingerprint density at radius 3 is 2.33 bits per heavy atom. The fraction of sp³-hybridized carbons (Fsp3) is 0.345. The van der Waals surface area contributed by atoms with E-state index in [-0.39, 0.29) is 17.7 Å². The summed E-state index contributed by atoms with van der Waals surface area (Å²) in [7, 11) is 0. The highest BCUT2D eigenvalue weighted by atomic mass is 32.1. The van der Waals surface area contributed by atoms with Crippen molar-refractivity contribution in [2.24, 2.45) is 0 Å². The molecule has 0 radical (unpaired) electrons. The predicted molar refractivity (Wildman–Crippen MR) is 149 cm³/mol. The second-order valence-corrected chi connectivity index (χ2v) is 10.8. The molecule has 4 aromatic rings. The Kier molecular flexibility index (Phi) is 7.10. The molecule has 0 aliphatic carbocycles. The number of amides is 2. The van der Waals surface area contributed by atoms with Gasteiger partial charge >= 0.3 is 0 Å². The number of aromatic nitrogens is 3. The third kappa shape index (κ3) is 5.16. The molecule has 2 saturated heterocycles. The van der Waals surface area contributed by atoms with Crippen LogP contribution in [0, 0.1) is 6.92 Å². The third-order valence-corrected chi connectivity index (χ3v) is 8.54. The Bertz CT molecular complexity index is 1440. The van der Waals surface area contributed by atoms with Crippen LogP contribution in [0.25, 0.3) is 11.3 Å². The average molecular weight is 543 g/mol. The Labute approximate surface area is 231 Å². The number of benzene rings is 1. The number of aryl methyl sites for hydroxylation is 1. The molecule has 3 aromatic heterocycles. The lowest BCUT2D eigenvalue weighted by Crippen LogP contribution is -2.49. The van der Waals surface area contributed by atoms with Crippen LogP contribution >= 0.6 is 11.3 Å². The van der Waals surface area contributed by atoms with E-state index in [1.807, 2.05) is 63.7 Å². The fourth-order valence-electron chi connectivity index (χ4n) is 5.32. The van der Waals surface area contributed by atoms with Crippen molar-refractivity contribution in [3.63, 3.8) is 0 Å². The molecule has 9 nitrogen and oxygen atoms in total. The molecule has 2 aliphatic rings. The molecule has 2 fully saturated rings. The summed E-state index contributed by atoms with van der Waals surface area (Å²) in [5, 5.41) is 7.03. The standard InChI is InChI=1S/C29H30N6O3S/c1-20-25(26(32-38-20)21-7-3-2-4-8-21)29(37)34-13-10-22(11-14-34)27-31-23(19-39-27)28(36)35-17-15-33(16-18-35)24-9-5-6-12-30-24/h2-9,12,19,22H,10-11,13-18H2,1H3. The minimum absolute atomic E-state index is 0.0119. The Morgan fingerprint density at radius 2 is 1.62 bits per heavy atom.